The lowest BCUT2D eigenvalue weighted by Crippen LogP contribution is -2.26. The molecule has 0 spiro atoms. The van der Waals surface area contributed by atoms with Gasteiger partial charge in [0.2, 0.25) is 0 Å². The highest BCUT2D eigenvalue weighted by molar-refractivity contribution is 5.81. The predicted octanol–water partition coefficient (Wildman–Crippen LogP) is 1.93. The molecule has 2 heteroatoms. The van der Waals surface area contributed by atoms with Gasteiger partial charge in [0.15, 0.2) is 0 Å². The lowest BCUT2D eigenvalue weighted by atomic mass is 9.92. The Balaban J connectivity index is 4.18. The summed E-state index contributed by atoms with van der Waals surface area (Å²) >= 11 is 0. The molecule has 2 nitrogen and oxygen atoms in total. The van der Waals surface area contributed by atoms with E-state index in [-0.39, 0.29) is 11.7 Å². The first-order chi connectivity index (χ1) is 5.54. The average molecular weight is 170 g/mol. The first-order valence-electron chi connectivity index (χ1n) is 4.43. The Morgan fingerprint density at radius 2 is 1.92 bits per heavy atom. The molecule has 0 heterocycles. The Morgan fingerprint density at radius 3 is 2.25 bits per heavy atom. The molecule has 0 aliphatic rings. The monoisotopic (exact) mass is 170 g/mol. The van der Waals surface area contributed by atoms with E-state index in [0.29, 0.717) is 6.42 Å². The summed E-state index contributed by atoms with van der Waals surface area (Å²) in [6.07, 6.45) is 0.542. The molecular formula is C10H18O2. The molecule has 0 aromatic rings. The Morgan fingerprint density at radius 1 is 1.42 bits per heavy atom. The smallest absolute Gasteiger partial charge is 0.138 e. The molecule has 0 aliphatic heterocycles. The molecule has 0 fully saturated rings. The van der Waals surface area contributed by atoms with E-state index in [2.05, 4.69) is 6.58 Å². The van der Waals surface area contributed by atoms with Crippen molar-refractivity contribution >= 4 is 5.78 Å². The van der Waals surface area contributed by atoms with Crippen molar-refractivity contribution in [2.75, 3.05) is 0 Å². The normalized spacial score (nSPS) is 15.3. The summed E-state index contributed by atoms with van der Waals surface area (Å²) in [7, 11) is 0. The summed E-state index contributed by atoms with van der Waals surface area (Å²) in [6.45, 7) is 9.19. The van der Waals surface area contributed by atoms with Crippen molar-refractivity contribution < 1.29 is 9.90 Å². The van der Waals surface area contributed by atoms with Gasteiger partial charge in [0, 0.05) is 12.3 Å². The van der Waals surface area contributed by atoms with Crippen LogP contribution in [-0.4, -0.2) is 17.0 Å². The number of carbonyl (C=O) groups excluding carboxylic acids is 1. The van der Waals surface area contributed by atoms with E-state index in [4.69, 9.17) is 0 Å². The van der Waals surface area contributed by atoms with E-state index in [9.17, 15) is 9.90 Å². The zero-order valence-corrected chi connectivity index (χ0v) is 8.13. The highest BCUT2D eigenvalue weighted by Gasteiger charge is 2.21. The van der Waals surface area contributed by atoms with E-state index in [1.807, 2.05) is 6.92 Å². The largest absolute Gasteiger partial charge is 0.388 e. The second-order valence-corrected chi connectivity index (χ2v) is 3.07. The van der Waals surface area contributed by atoms with E-state index >= 15 is 0 Å². The van der Waals surface area contributed by atoms with Gasteiger partial charge < -0.3 is 5.11 Å². The van der Waals surface area contributed by atoms with Gasteiger partial charge in [0.1, 0.15) is 5.78 Å². The minimum absolute atomic E-state index is 0.0945. The van der Waals surface area contributed by atoms with Crippen molar-refractivity contribution in [1.82, 2.24) is 0 Å². The zero-order chi connectivity index (χ0) is 9.72. The van der Waals surface area contributed by atoms with Crippen molar-refractivity contribution in [3.8, 4) is 0 Å². The summed E-state index contributed by atoms with van der Waals surface area (Å²) in [5.74, 6) is -0.209. The van der Waals surface area contributed by atoms with Crippen LogP contribution in [-0.2, 0) is 4.79 Å². The molecular weight excluding hydrogens is 152 g/mol. The summed E-state index contributed by atoms with van der Waals surface area (Å²) in [4.78, 5) is 11.2. The molecule has 0 saturated carbocycles. The maximum Gasteiger partial charge on any atom is 0.138 e. The summed E-state index contributed by atoms with van der Waals surface area (Å²) in [5, 5.41) is 9.57. The number of hydrogen-bond donors (Lipinski definition) is 1. The molecule has 0 amide bonds. The molecule has 0 aromatic heterocycles. The van der Waals surface area contributed by atoms with Crippen molar-refractivity contribution in [2.45, 2.75) is 39.7 Å². The summed E-state index contributed by atoms with van der Waals surface area (Å²) in [5.41, 5.74) is 0.740. The third-order valence-electron chi connectivity index (χ3n) is 2.20. The maximum atomic E-state index is 11.2. The number of hydrogen-bond acceptors (Lipinski definition) is 2. The van der Waals surface area contributed by atoms with Crippen LogP contribution in [0.25, 0.3) is 0 Å². The topological polar surface area (TPSA) is 37.3 Å². The highest BCUT2D eigenvalue weighted by atomic mass is 16.3. The van der Waals surface area contributed by atoms with Crippen LogP contribution < -0.4 is 0 Å². The van der Waals surface area contributed by atoms with E-state index in [1.54, 1.807) is 13.8 Å². The van der Waals surface area contributed by atoms with Gasteiger partial charge in [-0.3, -0.25) is 4.79 Å². The number of rotatable bonds is 5. The molecule has 0 rings (SSSR count). The number of aliphatic hydroxyl groups excluding tert-OH is 1. The second kappa shape index (κ2) is 5.09. The molecule has 0 unspecified atom stereocenters. The molecule has 2 atom stereocenters. The van der Waals surface area contributed by atoms with E-state index < -0.39 is 6.10 Å². The fourth-order valence-corrected chi connectivity index (χ4v) is 1.06. The Hall–Kier alpha value is -0.630. The van der Waals surface area contributed by atoms with Crippen LogP contribution in [0.5, 0.6) is 0 Å². The number of aliphatic hydroxyl groups is 1. The van der Waals surface area contributed by atoms with Crippen LogP contribution in [0.15, 0.2) is 12.2 Å². The number of ketones is 1. The Kier molecular flexibility index (Phi) is 4.83. The fourth-order valence-electron chi connectivity index (χ4n) is 1.06. The van der Waals surface area contributed by atoms with Crippen LogP contribution in [0.3, 0.4) is 0 Å². The fraction of sp³-hybridized carbons (Fsp3) is 0.700. The molecule has 0 aliphatic carbocycles. The summed E-state index contributed by atoms with van der Waals surface area (Å²) in [6, 6.07) is 0. The van der Waals surface area contributed by atoms with E-state index in [1.165, 1.54) is 0 Å². The third kappa shape index (κ3) is 2.78. The van der Waals surface area contributed by atoms with Crippen molar-refractivity contribution in [3.63, 3.8) is 0 Å². The second-order valence-electron chi connectivity index (χ2n) is 3.07. The Bertz CT molecular complexity index is 153. The lowest BCUT2D eigenvalue weighted by Gasteiger charge is -2.18. The number of Topliss-reactive ketones (excluding diaryl/α,β-unsaturated/α-hetero) is 1. The summed E-state index contributed by atoms with van der Waals surface area (Å²) < 4.78 is 0. The van der Waals surface area contributed by atoms with Gasteiger partial charge in [0.25, 0.3) is 0 Å². The van der Waals surface area contributed by atoms with Crippen molar-refractivity contribution in [1.29, 1.82) is 0 Å². The van der Waals surface area contributed by atoms with Crippen LogP contribution >= 0.6 is 0 Å². The average Bonchev–Trinajstić information content (AvgIpc) is 2.12. The SMILES string of the molecule is C=C(CC)[C@H](O)[C@@H](C)C(=O)CC. The quantitative estimate of drug-likeness (QED) is 0.640. The molecule has 0 bridgehead atoms. The van der Waals surface area contributed by atoms with Crippen molar-refractivity contribution in [3.05, 3.63) is 12.2 Å². The molecule has 0 aromatic carbocycles. The van der Waals surface area contributed by atoms with Crippen LogP contribution in [0.4, 0.5) is 0 Å². The lowest BCUT2D eigenvalue weighted by molar-refractivity contribution is -0.124. The highest BCUT2D eigenvalue weighted by Crippen LogP contribution is 2.15. The third-order valence-corrected chi connectivity index (χ3v) is 2.20. The zero-order valence-electron chi connectivity index (χ0n) is 8.13. The molecule has 0 saturated heterocycles. The Labute approximate surface area is 74.3 Å². The van der Waals surface area contributed by atoms with Crippen molar-refractivity contribution in [2.24, 2.45) is 5.92 Å². The first kappa shape index (κ1) is 11.4. The van der Waals surface area contributed by atoms with Gasteiger partial charge in [-0.15, -0.1) is 0 Å². The van der Waals surface area contributed by atoms with Gasteiger partial charge in [-0.2, -0.15) is 0 Å². The minimum atomic E-state index is -0.664. The maximum absolute atomic E-state index is 11.2. The molecule has 1 N–H and O–H groups in total. The predicted molar refractivity (Wildman–Crippen MR) is 49.9 cm³/mol. The van der Waals surface area contributed by atoms with Crippen LogP contribution in [0.2, 0.25) is 0 Å². The molecule has 70 valence electrons. The molecule has 0 radical (unpaired) electrons. The van der Waals surface area contributed by atoms with Gasteiger partial charge >= 0.3 is 0 Å². The molecule has 12 heavy (non-hydrogen) atoms. The minimum Gasteiger partial charge on any atom is -0.388 e. The number of carbonyl (C=O) groups is 1. The standard InChI is InChI=1S/C10H18O2/c1-5-7(3)10(12)8(4)9(11)6-2/h8,10,12H,3,5-6H2,1-2,4H3/t8-,10-/m0/s1. The van der Waals surface area contributed by atoms with Gasteiger partial charge in [-0.05, 0) is 12.0 Å². The van der Waals surface area contributed by atoms with Gasteiger partial charge in [-0.1, -0.05) is 27.4 Å². The first-order valence-corrected chi connectivity index (χ1v) is 4.43. The van der Waals surface area contributed by atoms with Crippen LogP contribution in [0, 0.1) is 5.92 Å². The van der Waals surface area contributed by atoms with Gasteiger partial charge in [-0.25, -0.2) is 0 Å². The van der Waals surface area contributed by atoms with Gasteiger partial charge in [0.05, 0.1) is 6.10 Å². The van der Waals surface area contributed by atoms with E-state index in [0.717, 1.165) is 12.0 Å². The van der Waals surface area contributed by atoms with Crippen LogP contribution in [0.1, 0.15) is 33.6 Å².